The second-order valence-corrected chi connectivity index (χ2v) is 2.47. The van der Waals surface area contributed by atoms with Gasteiger partial charge in [0.05, 0.1) is 17.2 Å². The van der Waals surface area contributed by atoms with E-state index in [9.17, 15) is 4.79 Å². The Morgan fingerprint density at radius 1 is 1.23 bits per heavy atom. The van der Waals surface area contributed by atoms with Crippen molar-refractivity contribution in [1.82, 2.24) is 9.97 Å². The number of benzene rings is 1. The minimum atomic E-state index is 0.411. The van der Waals surface area contributed by atoms with E-state index in [1.165, 1.54) is 6.20 Å². The van der Waals surface area contributed by atoms with E-state index in [1.807, 2.05) is 24.3 Å². The Kier molecular flexibility index (Phi) is 1.88. The molecule has 2 aromatic rings. The summed E-state index contributed by atoms with van der Waals surface area (Å²) in [6, 6.07) is 7.44. The lowest BCUT2D eigenvalue weighted by atomic mass is 10.3. The molecule has 0 atom stereocenters. The fourth-order valence-electron chi connectivity index (χ4n) is 1.07. The van der Waals surface area contributed by atoms with Gasteiger partial charge >= 0.3 is 6.41 Å². The Labute approximate surface area is 74.6 Å². The van der Waals surface area contributed by atoms with Crippen LogP contribution < -0.4 is 5.32 Å². The van der Waals surface area contributed by atoms with Crippen LogP contribution in [0.3, 0.4) is 0 Å². The maximum atomic E-state index is 10.0. The van der Waals surface area contributed by atoms with Crippen LogP contribution in [0, 0.1) is 0 Å². The number of carbonyl (C=O) groups excluding carboxylic acids is 1. The first-order valence-corrected chi connectivity index (χ1v) is 3.75. The first-order chi connectivity index (χ1) is 6.40. The highest BCUT2D eigenvalue weighted by Crippen LogP contribution is 2.10. The number of anilines is 1. The smallest absolute Gasteiger partial charge is 0.301 e. The number of para-hydroxylation sites is 2. The Hall–Kier alpha value is -1.97. The predicted molar refractivity (Wildman–Crippen MR) is 48.9 cm³/mol. The number of nitrogens with zero attached hydrogens (tertiary/aromatic N) is 2. The topological polar surface area (TPSA) is 54.9 Å². The summed E-state index contributed by atoms with van der Waals surface area (Å²) in [4.78, 5) is 18.2. The molecule has 0 saturated heterocycles. The van der Waals surface area contributed by atoms with Gasteiger partial charge in [-0.05, 0) is 12.1 Å². The van der Waals surface area contributed by atoms with E-state index in [2.05, 4.69) is 15.3 Å². The third-order valence-corrected chi connectivity index (χ3v) is 1.63. The van der Waals surface area contributed by atoms with Gasteiger partial charge in [0.1, 0.15) is 0 Å². The van der Waals surface area contributed by atoms with Gasteiger partial charge in [-0.2, -0.15) is 0 Å². The highest BCUT2D eigenvalue weighted by Gasteiger charge is 1.96. The van der Waals surface area contributed by atoms with E-state index in [4.69, 9.17) is 0 Å². The largest absolute Gasteiger partial charge is 0.315 e. The van der Waals surface area contributed by atoms with E-state index in [1.54, 1.807) is 6.41 Å². The van der Waals surface area contributed by atoms with Crippen LogP contribution in [-0.4, -0.2) is 16.4 Å². The molecule has 0 bridgehead atoms. The predicted octanol–water partition coefficient (Wildman–Crippen LogP) is 1.11. The number of fused-ring (bicyclic) bond motifs is 1. The van der Waals surface area contributed by atoms with E-state index >= 15 is 0 Å². The molecule has 0 unspecified atom stereocenters. The number of nitrogens with one attached hydrogen (secondary N) is 1. The highest BCUT2D eigenvalue weighted by molar-refractivity contribution is 5.77. The summed E-state index contributed by atoms with van der Waals surface area (Å²) in [6.07, 6.45) is 3.04. The molecule has 0 spiro atoms. The van der Waals surface area contributed by atoms with Crippen molar-refractivity contribution >= 4 is 23.3 Å². The van der Waals surface area contributed by atoms with Crippen LogP contribution in [-0.2, 0) is 4.79 Å². The van der Waals surface area contributed by atoms with Gasteiger partial charge in [0, 0.05) is 0 Å². The van der Waals surface area contributed by atoms with Crippen LogP contribution in [0.1, 0.15) is 0 Å². The zero-order valence-corrected chi connectivity index (χ0v) is 6.69. The summed E-state index contributed by atoms with van der Waals surface area (Å²) >= 11 is 0. The summed E-state index contributed by atoms with van der Waals surface area (Å²) in [7, 11) is 0. The van der Waals surface area contributed by atoms with Crippen molar-refractivity contribution < 1.29 is 4.79 Å². The number of rotatable bonds is 2. The molecule has 1 aromatic carbocycles. The third kappa shape index (κ3) is 1.46. The monoisotopic (exact) mass is 172 g/mol. The van der Waals surface area contributed by atoms with Crippen LogP contribution >= 0.6 is 0 Å². The summed E-state index contributed by atoms with van der Waals surface area (Å²) in [5, 5.41) is 2.32. The molecular formula is C9H6N3O. The lowest BCUT2D eigenvalue weighted by Gasteiger charge is -1.98. The fourth-order valence-corrected chi connectivity index (χ4v) is 1.07. The molecular weight excluding hydrogens is 166 g/mol. The van der Waals surface area contributed by atoms with Crippen molar-refractivity contribution in [2.45, 2.75) is 0 Å². The van der Waals surface area contributed by atoms with Crippen LogP contribution in [0.5, 0.6) is 0 Å². The molecule has 0 aliphatic heterocycles. The Morgan fingerprint density at radius 3 is 2.77 bits per heavy atom. The molecule has 13 heavy (non-hydrogen) atoms. The van der Waals surface area contributed by atoms with Gasteiger partial charge in [-0.25, -0.2) is 4.98 Å². The average Bonchev–Trinajstić information content (AvgIpc) is 2.18. The highest BCUT2D eigenvalue weighted by atomic mass is 16.1. The van der Waals surface area contributed by atoms with Gasteiger partial charge < -0.3 is 5.32 Å². The first-order valence-electron chi connectivity index (χ1n) is 3.75. The van der Waals surface area contributed by atoms with E-state index < -0.39 is 0 Å². The molecule has 4 nitrogen and oxygen atoms in total. The average molecular weight is 172 g/mol. The minimum absolute atomic E-state index is 0.411. The molecule has 1 amide bonds. The lowest BCUT2D eigenvalue weighted by molar-refractivity contribution is 0.561. The van der Waals surface area contributed by atoms with Gasteiger partial charge in [-0.1, -0.05) is 12.1 Å². The van der Waals surface area contributed by atoms with Gasteiger partial charge in [-0.3, -0.25) is 9.78 Å². The molecule has 0 aliphatic carbocycles. The maximum absolute atomic E-state index is 10.0. The molecule has 1 radical (unpaired) electrons. The van der Waals surface area contributed by atoms with Crippen molar-refractivity contribution in [1.29, 1.82) is 0 Å². The molecule has 1 aromatic heterocycles. The van der Waals surface area contributed by atoms with Crippen LogP contribution in [0.25, 0.3) is 11.0 Å². The second kappa shape index (κ2) is 3.18. The van der Waals surface area contributed by atoms with Crippen molar-refractivity contribution in [2.24, 2.45) is 0 Å². The van der Waals surface area contributed by atoms with Crippen LogP contribution in [0.4, 0.5) is 5.82 Å². The first kappa shape index (κ1) is 7.67. The van der Waals surface area contributed by atoms with Crippen LogP contribution in [0.2, 0.25) is 0 Å². The van der Waals surface area contributed by atoms with Crippen molar-refractivity contribution in [2.75, 3.05) is 5.32 Å². The number of hydrogen-bond acceptors (Lipinski definition) is 3. The molecule has 4 heteroatoms. The number of hydrogen-bond donors (Lipinski definition) is 1. The van der Waals surface area contributed by atoms with E-state index in [0.717, 1.165) is 11.0 Å². The third-order valence-electron chi connectivity index (χ3n) is 1.63. The standard InChI is InChI=1S/C9H6N3O/c13-6-11-9-5-10-7-3-1-2-4-8(7)12-9/h1-5H,(H,11,12,13). The molecule has 0 saturated carbocycles. The molecule has 0 fully saturated rings. The zero-order valence-electron chi connectivity index (χ0n) is 6.69. The minimum Gasteiger partial charge on any atom is -0.301 e. The Balaban J connectivity index is 2.55. The quantitative estimate of drug-likeness (QED) is 0.690. The summed E-state index contributed by atoms with van der Waals surface area (Å²) < 4.78 is 0. The SMILES string of the molecule is O=[C]Nc1cnc2ccccc2n1. The van der Waals surface area contributed by atoms with Gasteiger partial charge in [-0.15, -0.1) is 0 Å². The molecule has 2 rings (SSSR count). The van der Waals surface area contributed by atoms with Gasteiger partial charge in [0.2, 0.25) is 0 Å². The summed E-state index contributed by atoms with van der Waals surface area (Å²) in [5.41, 5.74) is 1.56. The summed E-state index contributed by atoms with van der Waals surface area (Å²) in [6.45, 7) is 0. The van der Waals surface area contributed by atoms with E-state index in [0.29, 0.717) is 5.82 Å². The molecule has 1 heterocycles. The molecule has 1 N–H and O–H groups in total. The van der Waals surface area contributed by atoms with Gasteiger partial charge in [0.25, 0.3) is 0 Å². The fraction of sp³-hybridized carbons (Fsp3) is 0. The van der Waals surface area contributed by atoms with E-state index in [-0.39, 0.29) is 0 Å². The van der Waals surface area contributed by atoms with Crippen molar-refractivity contribution in [3.8, 4) is 0 Å². The lowest BCUT2D eigenvalue weighted by Crippen LogP contribution is -1.97. The molecule has 63 valence electrons. The van der Waals surface area contributed by atoms with Crippen LogP contribution in [0.15, 0.2) is 30.5 Å². The Morgan fingerprint density at radius 2 is 2.00 bits per heavy atom. The zero-order chi connectivity index (χ0) is 9.10. The van der Waals surface area contributed by atoms with Crippen molar-refractivity contribution in [3.63, 3.8) is 0 Å². The van der Waals surface area contributed by atoms with Gasteiger partial charge in [0.15, 0.2) is 5.82 Å². The van der Waals surface area contributed by atoms with Crippen molar-refractivity contribution in [3.05, 3.63) is 30.5 Å². The maximum Gasteiger partial charge on any atom is 0.315 e. The second-order valence-electron chi connectivity index (χ2n) is 2.47. The number of aromatic nitrogens is 2. The molecule has 0 aliphatic rings. The Bertz CT molecular complexity index is 442. The summed E-state index contributed by atoms with van der Waals surface area (Å²) in [5.74, 6) is 0.411. The number of amides is 1. The normalized spacial score (nSPS) is 9.85.